The first-order valence-electron chi connectivity index (χ1n) is 8.79. The Kier molecular flexibility index (Phi) is 5.65. The van der Waals surface area contributed by atoms with E-state index in [1.165, 1.54) is 12.1 Å². The van der Waals surface area contributed by atoms with E-state index in [1.54, 1.807) is 24.0 Å². The molecule has 1 aromatic rings. The normalized spacial score (nSPS) is 26.5. The number of hydrogen-bond donors (Lipinski definition) is 2. The zero-order chi connectivity index (χ0) is 17.8. The molecule has 1 aromatic carbocycles. The first kappa shape index (κ1) is 17.8. The number of esters is 1. The summed E-state index contributed by atoms with van der Waals surface area (Å²) < 4.78 is 18.2. The summed E-state index contributed by atoms with van der Waals surface area (Å²) in [5.74, 6) is -1.04. The zero-order valence-electron chi connectivity index (χ0n) is 14.3. The molecule has 2 N–H and O–H groups in total. The molecular formula is C18H24FN3O3. The van der Waals surface area contributed by atoms with E-state index in [0.29, 0.717) is 26.2 Å². The maximum Gasteiger partial charge on any atom is 0.310 e. The SMILES string of the molecule is CCOC(=O)C1CCCN(C(=O)C2CNNC2c2ccc(F)cc2)C1. The van der Waals surface area contributed by atoms with E-state index < -0.39 is 0 Å². The first-order chi connectivity index (χ1) is 12.1. The Morgan fingerprint density at radius 1 is 1.32 bits per heavy atom. The lowest BCUT2D eigenvalue weighted by Crippen LogP contribution is -2.46. The summed E-state index contributed by atoms with van der Waals surface area (Å²) in [6, 6.07) is 5.97. The highest BCUT2D eigenvalue weighted by Crippen LogP contribution is 2.28. The lowest BCUT2D eigenvalue weighted by Gasteiger charge is -2.34. The van der Waals surface area contributed by atoms with Gasteiger partial charge in [0.1, 0.15) is 5.82 Å². The minimum Gasteiger partial charge on any atom is -0.466 e. The first-order valence-corrected chi connectivity index (χ1v) is 8.79. The molecule has 0 radical (unpaired) electrons. The minimum atomic E-state index is -0.300. The van der Waals surface area contributed by atoms with Crippen LogP contribution in [0, 0.1) is 17.7 Å². The molecule has 3 unspecified atom stereocenters. The Hall–Kier alpha value is -1.99. The molecule has 2 fully saturated rings. The van der Waals surface area contributed by atoms with Crippen molar-refractivity contribution in [2.45, 2.75) is 25.8 Å². The Labute approximate surface area is 146 Å². The van der Waals surface area contributed by atoms with Crippen molar-refractivity contribution in [3.8, 4) is 0 Å². The zero-order valence-corrected chi connectivity index (χ0v) is 14.3. The van der Waals surface area contributed by atoms with Gasteiger partial charge in [-0.15, -0.1) is 0 Å². The summed E-state index contributed by atoms with van der Waals surface area (Å²) >= 11 is 0. The molecule has 0 spiro atoms. The molecule has 0 aliphatic carbocycles. The molecule has 7 heteroatoms. The van der Waals surface area contributed by atoms with E-state index in [4.69, 9.17) is 4.74 Å². The predicted molar refractivity (Wildman–Crippen MR) is 89.7 cm³/mol. The average molecular weight is 349 g/mol. The van der Waals surface area contributed by atoms with E-state index in [9.17, 15) is 14.0 Å². The highest BCUT2D eigenvalue weighted by atomic mass is 19.1. The van der Waals surface area contributed by atoms with E-state index in [0.717, 1.165) is 18.4 Å². The molecule has 136 valence electrons. The fraction of sp³-hybridized carbons (Fsp3) is 0.556. The fourth-order valence-electron chi connectivity index (χ4n) is 3.58. The van der Waals surface area contributed by atoms with Crippen LogP contribution < -0.4 is 10.9 Å². The number of ether oxygens (including phenoxy) is 1. The van der Waals surface area contributed by atoms with Gasteiger partial charge in [-0.2, -0.15) is 0 Å². The van der Waals surface area contributed by atoms with Crippen LogP contribution in [-0.4, -0.2) is 43.0 Å². The number of carbonyl (C=O) groups excluding carboxylic acids is 2. The van der Waals surface area contributed by atoms with E-state index in [1.807, 2.05) is 0 Å². The number of amides is 1. The van der Waals surface area contributed by atoms with Gasteiger partial charge in [-0.25, -0.2) is 9.82 Å². The molecule has 1 amide bonds. The van der Waals surface area contributed by atoms with Crippen molar-refractivity contribution in [3.63, 3.8) is 0 Å². The van der Waals surface area contributed by atoms with Crippen molar-refractivity contribution in [1.82, 2.24) is 15.8 Å². The van der Waals surface area contributed by atoms with Crippen LogP contribution in [0.5, 0.6) is 0 Å². The standard InChI is InChI=1S/C18H24FN3O3/c1-2-25-18(24)13-4-3-9-22(11-13)17(23)15-10-20-21-16(15)12-5-7-14(19)8-6-12/h5-8,13,15-16,20-21H,2-4,9-11H2,1H3. The molecule has 2 heterocycles. The molecule has 2 aliphatic rings. The van der Waals surface area contributed by atoms with Crippen molar-refractivity contribution >= 4 is 11.9 Å². The van der Waals surface area contributed by atoms with Crippen molar-refractivity contribution in [1.29, 1.82) is 0 Å². The van der Waals surface area contributed by atoms with Gasteiger partial charge in [0.05, 0.1) is 24.5 Å². The van der Waals surface area contributed by atoms with Gasteiger partial charge >= 0.3 is 5.97 Å². The van der Waals surface area contributed by atoms with Crippen LogP contribution in [0.1, 0.15) is 31.4 Å². The molecule has 2 saturated heterocycles. The van der Waals surface area contributed by atoms with Crippen molar-refractivity contribution in [3.05, 3.63) is 35.6 Å². The third-order valence-electron chi connectivity index (χ3n) is 4.88. The van der Waals surface area contributed by atoms with Gasteiger partial charge in [0.25, 0.3) is 0 Å². The van der Waals surface area contributed by atoms with E-state index in [2.05, 4.69) is 10.9 Å². The summed E-state index contributed by atoms with van der Waals surface area (Å²) in [6.07, 6.45) is 1.55. The topological polar surface area (TPSA) is 70.7 Å². The Morgan fingerprint density at radius 2 is 2.08 bits per heavy atom. The lowest BCUT2D eigenvalue weighted by molar-refractivity contribution is -0.151. The summed E-state index contributed by atoms with van der Waals surface area (Å²) in [7, 11) is 0. The largest absolute Gasteiger partial charge is 0.466 e. The maximum absolute atomic E-state index is 13.1. The molecule has 2 aliphatic heterocycles. The minimum absolute atomic E-state index is 0.0147. The number of rotatable bonds is 4. The number of hydrazine groups is 1. The van der Waals surface area contributed by atoms with E-state index in [-0.39, 0.29) is 35.6 Å². The number of carbonyl (C=O) groups is 2. The lowest BCUT2D eigenvalue weighted by atomic mass is 9.91. The molecule has 3 rings (SSSR count). The number of hydrogen-bond acceptors (Lipinski definition) is 5. The van der Waals surface area contributed by atoms with Crippen LogP contribution in [0.3, 0.4) is 0 Å². The van der Waals surface area contributed by atoms with Gasteiger partial charge in [-0.1, -0.05) is 12.1 Å². The summed E-state index contributed by atoms with van der Waals surface area (Å²) in [6.45, 7) is 3.70. The second-order valence-electron chi connectivity index (χ2n) is 6.54. The number of likely N-dealkylation sites (tertiary alicyclic amines) is 1. The molecular weight excluding hydrogens is 325 g/mol. The molecule has 0 saturated carbocycles. The highest BCUT2D eigenvalue weighted by Gasteiger charge is 2.39. The third kappa shape index (κ3) is 3.99. The Bertz CT molecular complexity index is 622. The summed E-state index contributed by atoms with van der Waals surface area (Å²) in [5, 5.41) is 0. The van der Waals surface area contributed by atoms with Crippen LogP contribution in [0.15, 0.2) is 24.3 Å². The van der Waals surface area contributed by atoms with Crippen LogP contribution in [0.4, 0.5) is 4.39 Å². The average Bonchev–Trinajstić information content (AvgIpc) is 3.11. The highest BCUT2D eigenvalue weighted by molar-refractivity contribution is 5.82. The Morgan fingerprint density at radius 3 is 2.80 bits per heavy atom. The van der Waals surface area contributed by atoms with Crippen molar-refractivity contribution in [2.75, 3.05) is 26.2 Å². The van der Waals surface area contributed by atoms with E-state index >= 15 is 0 Å². The van der Waals surface area contributed by atoms with Gasteiger partial charge in [-0.05, 0) is 37.5 Å². The van der Waals surface area contributed by atoms with Crippen molar-refractivity contribution in [2.24, 2.45) is 11.8 Å². The number of piperidine rings is 1. The van der Waals surface area contributed by atoms with Crippen LogP contribution in [0.25, 0.3) is 0 Å². The number of halogens is 1. The van der Waals surface area contributed by atoms with Gasteiger partial charge in [0.2, 0.25) is 5.91 Å². The summed E-state index contributed by atoms with van der Waals surface area (Å²) in [5.41, 5.74) is 7.00. The monoisotopic (exact) mass is 349 g/mol. The van der Waals surface area contributed by atoms with Gasteiger partial charge in [0.15, 0.2) is 0 Å². The van der Waals surface area contributed by atoms with Crippen molar-refractivity contribution < 1.29 is 18.7 Å². The van der Waals surface area contributed by atoms with Crippen LogP contribution in [-0.2, 0) is 14.3 Å². The molecule has 3 atom stereocenters. The molecule has 25 heavy (non-hydrogen) atoms. The third-order valence-corrected chi connectivity index (χ3v) is 4.88. The Balaban J connectivity index is 1.68. The molecule has 0 bridgehead atoms. The summed E-state index contributed by atoms with van der Waals surface area (Å²) in [4.78, 5) is 26.7. The number of nitrogens with one attached hydrogen (secondary N) is 2. The van der Waals surface area contributed by atoms with Gasteiger partial charge < -0.3 is 9.64 Å². The predicted octanol–water partition coefficient (Wildman–Crippen LogP) is 1.39. The smallest absolute Gasteiger partial charge is 0.310 e. The van der Waals surface area contributed by atoms with Gasteiger partial charge in [0, 0.05) is 19.6 Å². The molecule has 6 nitrogen and oxygen atoms in total. The maximum atomic E-state index is 13.1. The quantitative estimate of drug-likeness (QED) is 0.804. The van der Waals surface area contributed by atoms with Crippen LogP contribution in [0.2, 0.25) is 0 Å². The molecule has 0 aromatic heterocycles. The fourth-order valence-corrected chi connectivity index (χ4v) is 3.58. The van der Waals surface area contributed by atoms with Crippen LogP contribution >= 0.6 is 0 Å². The second-order valence-corrected chi connectivity index (χ2v) is 6.54. The van der Waals surface area contributed by atoms with Gasteiger partial charge in [-0.3, -0.25) is 15.0 Å². The second kappa shape index (κ2) is 7.93. The number of nitrogens with zero attached hydrogens (tertiary/aromatic N) is 1. The number of benzene rings is 1.